The third-order valence-corrected chi connectivity index (χ3v) is 4.73. The molecular weight excluding hydrogens is 318 g/mol. The molecule has 0 spiro atoms. The number of rotatable bonds is 3. The second kappa shape index (κ2) is 5.81. The van der Waals surface area contributed by atoms with Gasteiger partial charge in [-0.3, -0.25) is 9.59 Å². The smallest absolute Gasteiger partial charge is 0.256 e. The van der Waals surface area contributed by atoms with Crippen molar-refractivity contribution in [2.75, 3.05) is 13.1 Å². The quantitative estimate of drug-likeness (QED) is 0.796. The summed E-state index contributed by atoms with van der Waals surface area (Å²) in [6.07, 6.45) is 1.67. The summed E-state index contributed by atoms with van der Waals surface area (Å²) in [7, 11) is 1.73. The molecule has 0 aliphatic carbocycles. The van der Waals surface area contributed by atoms with Gasteiger partial charge in [-0.05, 0) is 19.1 Å². The van der Waals surface area contributed by atoms with E-state index in [9.17, 15) is 9.59 Å². The second-order valence-corrected chi connectivity index (χ2v) is 6.43. The topological polar surface area (TPSA) is 67.3 Å². The van der Waals surface area contributed by atoms with Crippen LogP contribution in [-0.4, -0.2) is 39.6 Å². The number of hydrogen-bond acceptors (Lipinski definition) is 3. The Labute approximate surface area is 144 Å². The molecule has 1 fully saturated rings. The highest BCUT2D eigenvalue weighted by molar-refractivity contribution is 6.06. The number of carbonyl (C=O) groups is 1. The zero-order valence-corrected chi connectivity index (χ0v) is 14.2. The van der Waals surface area contributed by atoms with Gasteiger partial charge in [0.05, 0.1) is 18.7 Å². The summed E-state index contributed by atoms with van der Waals surface area (Å²) in [6, 6.07) is 11.1. The van der Waals surface area contributed by atoms with E-state index in [0.29, 0.717) is 24.4 Å². The van der Waals surface area contributed by atoms with Crippen molar-refractivity contribution in [2.45, 2.75) is 13.0 Å². The molecule has 1 N–H and O–H groups in total. The number of likely N-dealkylation sites (tertiary alicyclic amines) is 1. The number of ether oxygens (including phenoxy) is 1. The highest BCUT2D eigenvalue weighted by atomic mass is 16.5. The van der Waals surface area contributed by atoms with E-state index in [4.69, 9.17) is 4.74 Å². The van der Waals surface area contributed by atoms with Gasteiger partial charge in [0.15, 0.2) is 0 Å². The van der Waals surface area contributed by atoms with E-state index in [1.165, 1.54) is 6.07 Å². The monoisotopic (exact) mass is 337 g/mol. The molecule has 25 heavy (non-hydrogen) atoms. The lowest BCUT2D eigenvalue weighted by atomic mass is 10.1. The Bertz CT molecular complexity index is 1010. The molecule has 6 heteroatoms. The fraction of sp³-hybridized carbons (Fsp3) is 0.263. The van der Waals surface area contributed by atoms with Gasteiger partial charge in [0, 0.05) is 35.9 Å². The average molecular weight is 337 g/mol. The number of pyridine rings is 1. The molecule has 3 aromatic rings. The van der Waals surface area contributed by atoms with Crippen molar-refractivity contribution in [3.63, 3.8) is 0 Å². The van der Waals surface area contributed by atoms with E-state index >= 15 is 0 Å². The van der Waals surface area contributed by atoms with Crippen molar-refractivity contribution >= 4 is 16.8 Å². The first-order chi connectivity index (χ1) is 12.0. The molecule has 4 rings (SSSR count). The molecule has 0 atom stereocenters. The van der Waals surface area contributed by atoms with Crippen LogP contribution in [0.5, 0.6) is 5.75 Å². The number of hydrogen-bond donors (Lipinski definition) is 1. The summed E-state index contributed by atoms with van der Waals surface area (Å²) in [5.41, 5.74) is 2.38. The number of benzene rings is 1. The summed E-state index contributed by atoms with van der Waals surface area (Å²) < 4.78 is 7.41. The SMILES string of the molecule is Cc1cc(OC2CN(C(=O)c3c[nH]c4ccccc34)C2)cc(=O)n1C. The zero-order valence-electron chi connectivity index (χ0n) is 14.2. The number of para-hydroxylation sites is 1. The Morgan fingerprint density at radius 1 is 1.24 bits per heavy atom. The Kier molecular flexibility index (Phi) is 3.60. The maximum atomic E-state index is 12.6. The van der Waals surface area contributed by atoms with Crippen LogP contribution in [0.3, 0.4) is 0 Å². The van der Waals surface area contributed by atoms with Crippen LogP contribution in [0.25, 0.3) is 10.9 Å². The Morgan fingerprint density at radius 3 is 2.76 bits per heavy atom. The van der Waals surface area contributed by atoms with Crippen molar-refractivity contribution in [2.24, 2.45) is 7.05 Å². The molecule has 2 aromatic heterocycles. The summed E-state index contributed by atoms with van der Waals surface area (Å²) >= 11 is 0. The summed E-state index contributed by atoms with van der Waals surface area (Å²) in [6.45, 7) is 2.90. The normalized spacial score (nSPS) is 14.6. The molecule has 0 unspecified atom stereocenters. The van der Waals surface area contributed by atoms with Crippen molar-refractivity contribution in [1.29, 1.82) is 0 Å². The Balaban J connectivity index is 1.44. The van der Waals surface area contributed by atoms with Gasteiger partial charge in [-0.15, -0.1) is 0 Å². The van der Waals surface area contributed by atoms with Crippen LogP contribution in [-0.2, 0) is 7.05 Å². The molecule has 0 radical (unpaired) electrons. The van der Waals surface area contributed by atoms with Gasteiger partial charge in [-0.1, -0.05) is 18.2 Å². The molecule has 6 nitrogen and oxygen atoms in total. The molecule has 1 amide bonds. The number of carbonyl (C=O) groups excluding carboxylic acids is 1. The molecular formula is C19H19N3O3. The van der Waals surface area contributed by atoms with Crippen molar-refractivity contribution in [3.05, 3.63) is 64.2 Å². The van der Waals surface area contributed by atoms with Gasteiger partial charge in [0.25, 0.3) is 11.5 Å². The molecule has 1 aromatic carbocycles. The maximum absolute atomic E-state index is 12.6. The summed E-state index contributed by atoms with van der Waals surface area (Å²) in [5, 5.41) is 0.930. The van der Waals surface area contributed by atoms with Crippen LogP contribution in [0.15, 0.2) is 47.4 Å². The number of nitrogens with zero attached hydrogens (tertiary/aromatic N) is 2. The number of fused-ring (bicyclic) bond motifs is 1. The van der Waals surface area contributed by atoms with Crippen LogP contribution in [0.1, 0.15) is 16.1 Å². The van der Waals surface area contributed by atoms with E-state index in [1.807, 2.05) is 37.3 Å². The largest absolute Gasteiger partial charge is 0.486 e. The maximum Gasteiger partial charge on any atom is 0.256 e. The van der Waals surface area contributed by atoms with Crippen molar-refractivity contribution in [3.8, 4) is 5.75 Å². The minimum absolute atomic E-state index is 0.00236. The van der Waals surface area contributed by atoms with Gasteiger partial charge in [0.1, 0.15) is 11.9 Å². The van der Waals surface area contributed by atoms with Crippen LogP contribution >= 0.6 is 0 Å². The fourth-order valence-electron chi connectivity index (χ4n) is 3.09. The van der Waals surface area contributed by atoms with Crippen LogP contribution in [0, 0.1) is 6.92 Å². The van der Waals surface area contributed by atoms with E-state index in [-0.39, 0.29) is 17.6 Å². The van der Waals surface area contributed by atoms with Gasteiger partial charge >= 0.3 is 0 Å². The summed E-state index contributed by atoms with van der Waals surface area (Å²) in [5.74, 6) is 0.558. The third-order valence-electron chi connectivity index (χ3n) is 4.73. The Morgan fingerprint density at radius 2 is 2.00 bits per heavy atom. The first kappa shape index (κ1) is 15.5. The van der Waals surface area contributed by atoms with Gasteiger partial charge < -0.3 is 19.2 Å². The minimum Gasteiger partial charge on any atom is -0.486 e. The molecule has 0 saturated carbocycles. The van der Waals surface area contributed by atoms with Gasteiger partial charge in [0.2, 0.25) is 0 Å². The standard InChI is InChI=1S/C19H19N3O3/c1-12-7-13(8-18(23)21(12)2)25-14-10-22(11-14)19(24)16-9-20-17-6-4-3-5-15(16)17/h3-9,14,20H,10-11H2,1-2H3. The van der Waals surface area contributed by atoms with Crippen LogP contribution in [0.2, 0.25) is 0 Å². The van der Waals surface area contributed by atoms with E-state index < -0.39 is 0 Å². The van der Waals surface area contributed by atoms with E-state index in [2.05, 4.69) is 4.98 Å². The number of nitrogens with one attached hydrogen (secondary N) is 1. The van der Waals surface area contributed by atoms with Gasteiger partial charge in [-0.25, -0.2) is 0 Å². The lowest BCUT2D eigenvalue weighted by molar-refractivity contribution is 0.0178. The number of aryl methyl sites for hydroxylation is 1. The number of aromatic amines is 1. The van der Waals surface area contributed by atoms with E-state index in [1.54, 1.807) is 22.7 Å². The molecule has 1 saturated heterocycles. The highest BCUT2D eigenvalue weighted by Gasteiger charge is 2.33. The first-order valence-corrected chi connectivity index (χ1v) is 8.22. The second-order valence-electron chi connectivity index (χ2n) is 6.43. The number of aromatic nitrogens is 2. The van der Waals surface area contributed by atoms with Crippen molar-refractivity contribution < 1.29 is 9.53 Å². The molecule has 1 aliphatic heterocycles. The lowest BCUT2D eigenvalue weighted by Gasteiger charge is -2.38. The molecule has 0 bridgehead atoms. The molecule has 1 aliphatic rings. The van der Waals surface area contributed by atoms with Crippen LogP contribution < -0.4 is 10.3 Å². The fourth-order valence-corrected chi connectivity index (χ4v) is 3.09. The highest BCUT2D eigenvalue weighted by Crippen LogP contribution is 2.23. The van der Waals surface area contributed by atoms with Crippen molar-refractivity contribution in [1.82, 2.24) is 14.5 Å². The average Bonchev–Trinajstić information content (AvgIpc) is 2.99. The third kappa shape index (κ3) is 2.69. The van der Waals surface area contributed by atoms with Gasteiger partial charge in [-0.2, -0.15) is 0 Å². The zero-order chi connectivity index (χ0) is 17.6. The predicted octanol–water partition coefficient (Wildman–Crippen LogP) is 2.08. The summed E-state index contributed by atoms with van der Waals surface area (Å²) in [4.78, 5) is 29.3. The minimum atomic E-state index is -0.0963. The molecule has 128 valence electrons. The Hall–Kier alpha value is -3.02. The lowest BCUT2D eigenvalue weighted by Crippen LogP contribution is -2.56. The van der Waals surface area contributed by atoms with E-state index in [0.717, 1.165) is 16.6 Å². The first-order valence-electron chi connectivity index (χ1n) is 8.22. The predicted molar refractivity (Wildman–Crippen MR) is 95.0 cm³/mol. The number of H-pyrrole nitrogens is 1. The van der Waals surface area contributed by atoms with Crippen LogP contribution in [0.4, 0.5) is 0 Å². The number of amides is 1. The molecule has 3 heterocycles.